The Morgan fingerprint density at radius 2 is 2.22 bits per heavy atom. The second kappa shape index (κ2) is 6.31. The highest BCUT2D eigenvalue weighted by Crippen LogP contribution is 2.29. The van der Waals surface area contributed by atoms with Crippen molar-refractivity contribution in [3.63, 3.8) is 0 Å². The lowest BCUT2D eigenvalue weighted by molar-refractivity contribution is 0.587. The molecule has 2 aromatic rings. The van der Waals surface area contributed by atoms with Crippen molar-refractivity contribution in [1.29, 1.82) is 0 Å². The predicted octanol–water partition coefficient (Wildman–Crippen LogP) is 3.50. The highest BCUT2D eigenvalue weighted by Gasteiger charge is 2.04. The minimum atomic E-state index is 0.514. The molecule has 1 heterocycles. The molecular formula is C13H17N3S2. The Labute approximate surface area is 116 Å². The van der Waals surface area contributed by atoms with Gasteiger partial charge >= 0.3 is 0 Å². The summed E-state index contributed by atoms with van der Waals surface area (Å²) in [5.74, 6) is 0. The predicted molar refractivity (Wildman–Crippen MR) is 77.2 cm³/mol. The van der Waals surface area contributed by atoms with Crippen LogP contribution in [0.4, 0.5) is 0 Å². The van der Waals surface area contributed by atoms with Gasteiger partial charge in [-0.25, -0.2) is 0 Å². The molecule has 2 rings (SSSR count). The van der Waals surface area contributed by atoms with Gasteiger partial charge in [0.1, 0.15) is 5.51 Å². The van der Waals surface area contributed by atoms with Gasteiger partial charge in [0.25, 0.3) is 0 Å². The van der Waals surface area contributed by atoms with Crippen molar-refractivity contribution in [2.75, 3.05) is 0 Å². The van der Waals surface area contributed by atoms with Gasteiger partial charge in [0, 0.05) is 17.5 Å². The van der Waals surface area contributed by atoms with E-state index >= 15 is 0 Å². The van der Waals surface area contributed by atoms with Crippen molar-refractivity contribution in [2.24, 2.45) is 0 Å². The summed E-state index contributed by atoms with van der Waals surface area (Å²) in [4.78, 5) is 1.22. The lowest BCUT2D eigenvalue weighted by atomic mass is 10.1. The monoisotopic (exact) mass is 279 g/mol. The molecule has 0 saturated carbocycles. The fourth-order valence-electron chi connectivity index (χ4n) is 1.55. The normalized spacial score (nSPS) is 11.1. The zero-order valence-corrected chi connectivity index (χ0v) is 12.4. The van der Waals surface area contributed by atoms with Crippen molar-refractivity contribution in [1.82, 2.24) is 15.5 Å². The van der Waals surface area contributed by atoms with Crippen molar-refractivity contribution in [2.45, 2.75) is 42.6 Å². The first kappa shape index (κ1) is 13.5. The van der Waals surface area contributed by atoms with E-state index in [1.54, 1.807) is 28.6 Å². The van der Waals surface area contributed by atoms with E-state index in [4.69, 9.17) is 0 Å². The quantitative estimate of drug-likeness (QED) is 0.909. The average Bonchev–Trinajstić information content (AvgIpc) is 2.80. The second-order valence-electron chi connectivity index (χ2n) is 4.43. The topological polar surface area (TPSA) is 37.8 Å². The Balaban J connectivity index is 2.05. The molecule has 0 radical (unpaired) electrons. The Morgan fingerprint density at radius 1 is 1.39 bits per heavy atom. The van der Waals surface area contributed by atoms with Gasteiger partial charge in [0.2, 0.25) is 0 Å². The van der Waals surface area contributed by atoms with E-state index in [-0.39, 0.29) is 0 Å². The number of rotatable bonds is 5. The van der Waals surface area contributed by atoms with Gasteiger partial charge in [-0.15, -0.1) is 10.2 Å². The molecule has 1 aromatic heterocycles. The molecule has 1 N–H and O–H groups in total. The molecule has 0 aliphatic heterocycles. The Kier molecular flexibility index (Phi) is 4.74. The van der Waals surface area contributed by atoms with Crippen LogP contribution in [0, 0.1) is 6.92 Å². The van der Waals surface area contributed by atoms with E-state index in [2.05, 4.69) is 54.5 Å². The SMILES string of the molecule is Cc1cc(Sc2nncs2)ccc1CNC(C)C. The van der Waals surface area contributed by atoms with Gasteiger partial charge in [0.05, 0.1) is 0 Å². The maximum absolute atomic E-state index is 4.04. The molecule has 0 saturated heterocycles. The molecule has 0 aliphatic rings. The van der Waals surface area contributed by atoms with E-state index in [1.165, 1.54) is 16.0 Å². The number of hydrogen-bond donors (Lipinski definition) is 1. The number of nitrogens with zero attached hydrogens (tertiary/aromatic N) is 2. The number of benzene rings is 1. The van der Waals surface area contributed by atoms with Crippen LogP contribution in [0.2, 0.25) is 0 Å². The van der Waals surface area contributed by atoms with Gasteiger partial charge < -0.3 is 5.32 Å². The van der Waals surface area contributed by atoms with Crippen molar-refractivity contribution < 1.29 is 0 Å². The van der Waals surface area contributed by atoms with Crippen molar-refractivity contribution >= 4 is 23.1 Å². The summed E-state index contributed by atoms with van der Waals surface area (Å²) < 4.78 is 0.988. The first-order chi connectivity index (χ1) is 8.65. The maximum atomic E-state index is 4.04. The van der Waals surface area contributed by atoms with Crippen LogP contribution in [0.1, 0.15) is 25.0 Å². The molecule has 5 heteroatoms. The first-order valence-corrected chi connectivity index (χ1v) is 7.61. The Hall–Kier alpha value is -0.910. The molecule has 0 fully saturated rings. The highest BCUT2D eigenvalue weighted by atomic mass is 32.2. The lowest BCUT2D eigenvalue weighted by Crippen LogP contribution is -2.22. The minimum Gasteiger partial charge on any atom is -0.310 e. The summed E-state index contributed by atoms with van der Waals surface area (Å²) >= 11 is 3.24. The number of aromatic nitrogens is 2. The Morgan fingerprint density at radius 3 is 2.83 bits per heavy atom. The van der Waals surface area contributed by atoms with Crippen LogP contribution in [-0.4, -0.2) is 16.2 Å². The molecule has 0 amide bonds. The highest BCUT2D eigenvalue weighted by molar-refractivity contribution is 8.01. The van der Waals surface area contributed by atoms with Crippen LogP contribution in [0.5, 0.6) is 0 Å². The van der Waals surface area contributed by atoms with E-state index in [1.807, 2.05) is 0 Å². The van der Waals surface area contributed by atoms with Crippen LogP contribution < -0.4 is 5.32 Å². The van der Waals surface area contributed by atoms with E-state index in [9.17, 15) is 0 Å². The molecule has 3 nitrogen and oxygen atoms in total. The third-order valence-corrected chi connectivity index (χ3v) is 4.33. The van der Waals surface area contributed by atoms with Gasteiger partial charge in [-0.3, -0.25) is 0 Å². The number of nitrogens with one attached hydrogen (secondary N) is 1. The molecule has 0 unspecified atom stereocenters. The molecule has 0 atom stereocenters. The largest absolute Gasteiger partial charge is 0.310 e. The first-order valence-electron chi connectivity index (χ1n) is 5.92. The van der Waals surface area contributed by atoms with E-state index in [0.717, 1.165) is 10.9 Å². The van der Waals surface area contributed by atoms with Gasteiger partial charge in [-0.05, 0) is 30.2 Å². The smallest absolute Gasteiger partial charge is 0.178 e. The fourth-order valence-corrected chi connectivity index (χ4v) is 3.10. The van der Waals surface area contributed by atoms with Crippen LogP contribution in [-0.2, 0) is 6.54 Å². The molecular weight excluding hydrogens is 262 g/mol. The minimum absolute atomic E-state index is 0.514. The van der Waals surface area contributed by atoms with E-state index < -0.39 is 0 Å². The summed E-state index contributed by atoms with van der Waals surface area (Å²) in [6.45, 7) is 7.40. The molecule has 0 bridgehead atoms. The maximum Gasteiger partial charge on any atom is 0.178 e. The van der Waals surface area contributed by atoms with Crippen LogP contribution in [0.3, 0.4) is 0 Å². The third kappa shape index (κ3) is 3.80. The Bertz CT molecular complexity index is 495. The van der Waals surface area contributed by atoms with Gasteiger partial charge in [0.15, 0.2) is 4.34 Å². The van der Waals surface area contributed by atoms with Crippen LogP contribution in [0.25, 0.3) is 0 Å². The second-order valence-corrected chi connectivity index (χ2v) is 6.58. The van der Waals surface area contributed by atoms with Gasteiger partial charge in [-0.1, -0.05) is 43.0 Å². The standard InChI is InChI=1S/C13H17N3S2/c1-9(2)14-7-11-4-5-12(6-10(11)3)18-13-16-15-8-17-13/h4-6,8-9,14H,7H2,1-3H3. The zero-order valence-electron chi connectivity index (χ0n) is 10.8. The lowest BCUT2D eigenvalue weighted by Gasteiger charge is -2.11. The van der Waals surface area contributed by atoms with Crippen LogP contribution in [0.15, 0.2) is 32.9 Å². The zero-order chi connectivity index (χ0) is 13.0. The number of aryl methyl sites for hydroxylation is 1. The summed E-state index contributed by atoms with van der Waals surface area (Å²) in [7, 11) is 0. The molecule has 0 spiro atoms. The summed E-state index contributed by atoms with van der Waals surface area (Å²) in [5, 5.41) is 11.3. The summed E-state index contributed by atoms with van der Waals surface area (Å²) in [6, 6.07) is 7.06. The summed E-state index contributed by atoms with van der Waals surface area (Å²) in [6.07, 6.45) is 0. The number of hydrogen-bond acceptors (Lipinski definition) is 5. The third-order valence-electron chi connectivity index (χ3n) is 2.56. The molecule has 0 aliphatic carbocycles. The molecule has 96 valence electrons. The van der Waals surface area contributed by atoms with E-state index in [0.29, 0.717) is 6.04 Å². The van der Waals surface area contributed by atoms with Crippen LogP contribution >= 0.6 is 23.1 Å². The average molecular weight is 279 g/mol. The summed E-state index contributed by atoms with van der Waals surface area (Å²) in [5.41, 5.74) is 4.43. The fraction of sp³-hybridized carbons (Fsp3) is 0.385. The molecule has 1 aromatic carbocycles. The van der Waals surface area contributed by atoms with Crippen molar-refractivity contribution in [3.8, 4) is 0 Å². The van der Waals surface area contributed by atoms with Crippen molar-refractivity contribution in [3.05, 3.63) is 34.8 Å². The molecule has 18 heavy (non-hydrogen) atoms. The van der Waals surface area contributed by atoms with Gasteiger partial charge in [-0.2, -0.15) is 0 Å².